The second kappa shape index (κ2) is 6.11. The monoisotopic (exact) mass is 198 g/mol. The molecule has 0 fully saturated rings. The Kier molecular flexibility index (Phi) is 5.01. The Hall–Kier alpha value is -0.410. The van der Waals surface area contributed by atoms with Crippen LogP contribution in [0.3, 0.4) is 0 Å². The summed E-state index contributed by atoms with van der Waals surface area (Å²) in [5, 5.41) is 6.75. The number of thiazole rings is 1. The van der Waals surface area contributed by atoms with E-state index in [1.54, 1.807) is 11.3 Å². The molecule has 13 heavy (non-hydrogen) atoms. The Morgan fingerprint density at radius 1 is 1.38 bits per heavy atom. The SMILES string of the molecule is CCCNCc1nc(CCC)cs1. The van der Waals surface area contributed by atoms with E-state index in [9.17, 15) is 0 Å². The van der Waals surface area contributed by atoms with Gasteiger partial charge >= 0.3 is 0 Å². The van der Waals surface area contributed by atoms with Crippen molar-refractivity contribution in [3.05, 3.63) is 16.1 Å². The van der Waals surface area contributed by atoms with Crippen molar-refractivity contribution in [3.63, 3.8) is 0 Å². The van der Waals surface area contributed by atoms with Crippen LogP contribution < -0.4 is 5.32 Å². The predicted octanol–water partition coefficient (Wildman–Crippen LogP) is 2.60. The zero-order valence-electron chi connectivity index (χ0n) is 8.47. The van der Waals surface area contributed by atoms with E-state index >= 15 is 0 Å². The van der Waals surface area contributed by atoms with Crippen LogP contribution in [0.4, 0.5) is 0 Å². The first-order valence-corrected chi connectivity index (χ1v) is 5.88. The second-order valence-corrected chi connectivity index (χ2v) is 4.10. The van der Waals surface area contributed by atoms with Crippen LogP contribution in [0.15, 0.2) is 5.38 Å². The van der Waals surface area contributed by atoms with Crippen LogP contribution in [-0.4, -0.2) is 11.5 Å². The molecular formula is C10H18N2S. The topological polar surface area (TPSA) is 24.9 Å². The first-order valence-electron chi connectivity index (χ1n) is 5.00. The minimum Gasteiger partial charge on any atom is -0.310 e. The van der Waals surface area contributed by atoms with Gasteiger partial charge in [0.25, 0.3) is 0 Å². The molecule has 3 heteroatoms. The van der Waals surface area contributed by atoms with Gasteiger partial charge in [-0.3, -0.25) is 0 Å². The molecule has 0 amide bonds. The average Bonchev–Trinajstić information content (AvgIpc) is 2.54. The van der Waals surface area contributed by atoms with E-state index in [1.807, 2.05) is 0 Å². The number of hydrogen-bond donors (Lipinski definition) is 1. The maximum Gasteiger partial charge on any atom is 0.107 e. The summed E-state index contributed by atoms with van der Waals surface area (Å²) in [7, 11) is 0. The van der Waals surface area contributed by atoms with Crippen molar-refractivity contribution in [2.45, 2.75) is 39.7 Å². The highest BCUT2D eigenvalue weighted by molar-refractivity contribution is 7.09. The van der Waals surface area contributed by atoms with Crippen LogP contribution in [0.5, 0.6) is 0 Å². The van der Waals surface area contributed by atoms with Gasteiger partial charge in [0.2, 0.25) is 0 Å². The molecule has 0 aliphatic carbocycles. The van der Waals surface area contributed by atoms with Crippen LogP contribution >= 0.6 is 11.3 Å². The fourth-order valence-corrected chi connectivity index (χ4v) is 1.97. The van der Waals surface area contributed by atoms with Gasteiger partial charge in [0.15, 0.2) is 0 Å². The van der Waals surface area contributed by atoms with Crippen LogP contribution in [0, 0.1) is 0 Å². The van der Waals surface area contributed by atoms with E-state index in [2.05, 4.69) is 29.5 Å². The minimum atomic E-state index is 0.933. The first kappa shape index (κ1) is 10.7. The van der Waals surface area contributed by atoms with Crippen LogP contribution in [0.2, 0.25) is 0 Å². The maximum atomic E-state index is 4.53. The third kappa shape index (κ3) is 3.87. The van der Waals surface area contributed by atoms with Gasteiger partial charge in [-0.05, 0) is 19.4 Å². The van der Waals surface area contributed by atoms with Crippen molar-refractivity contribution < 1.29 is 0 Å². The van der Waals surface area contributed by atoms with Gasteiger partial charge < -0.3 is 5.32 Å². The molecule has 0 spiro atoms. The molecule has 0 aliphatic rings. The first-order chi connectivity index (χ1) is 6.36. The molecule has 1 heterocycles. The number of nitrogens with zero attached hydrogens (tertiary/aromatic N) is 1. The molecule has 74 valence electrons. The highest BCUT2D eigenvalue weighted by Gasteiger charge is 1.99. The normalized spacial score (nSPS) is 10.6. The molecular weight excluding hydrogens is 180 g/mol. The Balaban J connectivity index is 2.31. The zero-order valence-corrected chi connectivity index (χ0v) is 9.28. The quantitative estimate of drug-likeness (QED) is 0.711. The molecule has 0 radical (unpaired) electrons. The molecule has 0 aliphatic heterocycles. The maximum absolute atomic E-state index is 4.53. The lowest BCUT2D eigenvalue weighted by Crippen LogP contribution is -2.13. The van der Waals surface area contributed by atoms with Crippen LogP contribution in [-0.2, 0) is 13.0 Å². The van der Waals surface area contributed by atoms with Gasteiger partial charge in [-0.15, -0.1) is 11.3 Å². The lowest BCUT2D eigenvalue weighted by Gasteiger charge is -1.97. The summed E-state index contributed by atoms with van der Waals surface area (Å²) in [4.78, 5) is 4.53. The van der Waals surface area contributed by atoms with Gasteiger partial charge in [0, 0.05) is 11.9 Å². The van der Waals surface area contributed by atoms with Gasteiger partial charge in [0.1, 0.15) is 5.01 Å². The smallest absolute Gasteiger partial charge is 0.107 e. The summed E-state index contributed by atoms with van der Waals surface area (Å²) >= 11 is 1.77. The number of nitrogens with one attached hydrogen (secondary N) is 1. The van der Waals surface area contributed by atoms with Crippen LogP contribution in [0.1, 0.15) is 37.4 Å². The van der Waals surface area contributed by atoms with Crippen molar-refractivity contribution in [2.24, 2.45) is 0 Å². The standard InChI is InChI=1S/C10H18N2S/c1-3-5-9-8-13-10(12-9)7-11-6-4-2/h8,11H,3-7H2,1-2H3. The van der Waals surface area contributed by atoms with E-state index in [-0.39, 0.29) is 0 Å². The van der Waals surface area contributed by atoms with E-state index in [0.717, 1.165) is 19.5 Å². The van der Waals surface area contributed by atoms with E-state index in [4.69, 9.17) is 0 Å². The number of aryl methyl sites for hydroxylation is 1. The fourth-order valence-electron chi connectivity index (χ4n) is 1.17. The molecule has 0 saturated heterocycles. The van der Waals surface area contributed by atoms with Crippen molar-refractivity contribution in [1.29, 1.82) is 0 Å². The third-order valence-electron chi connectivity index (χ3n) is 1.81. The van der Waals surface area contributed by atoms with Crippen molar-refractivity contribution in [1.82, 2.24) is 10.3 Å². The van der Waals surface area contributed by atoms with Gasteiger partial charge in [0.05, 0.1) is 5.69 Å². The molecule has 1 aromatic rings. The highest BCUT2D eigenvalue weighted by atomic mass is 32.1. The van der Waals surface area contributed by atoms with Crippen molar-refractivity contribution in [3.8, 4) is 0 Å². The Bertz CT molecular complexity index is 233. The second-order valence-electron chi connectivity index (χ2n) is 3.16. The van der Waals surface area contributed by atoms with Crippen molar-refractivity contribution in [2.75, 3.05) is 6.54 Å². The lowest BCUT2D eigenvalue weighted by molar-refractivity contribution is 0.670. The summed E-state index contributed by atoms with van der Waals surface area (Å²) in [5.74, 6) is 0. The van der Waals surface area contributed by atoms with Gasteiger partial charge in [-0.25, -0.2) is 4.98 Å². The largest absolute Gasteiger partial charge is 0.310 e. The Labute approximate surface area is 84.4 Å². The molecule has 2 nitrogen and oxygen atoms in total. The van der Waals surface area contributed by atoms with Gasteiger partial charge in [-0.1, -0.05) is 20.3 Å². The lowest BCUT2D eigenvalue weighted by atomic mass is 10.3. The zero-order chi connectivity index (χ0) is 9.52. The summed E-state index contributed by atoms with van der Waals surface area (Å²) in [6.45, 7) is 6.39. The fraction of sp³-hybridized carbons (Fsp3) is 0.700. The molecule has 0 aromatic carbocycles. The molecule has 0 bridgehead atoms. The molecule has 1 aromatic heterocycles. The highest BCUT2D eigenvalue weighted by Crippen LogP contribution is 2.10. The van der Waals surface area contributed by atoms with E-state index in [1.165, 1.54) is 23.5 Å². The Morgan fingerprint density at radius 3 is 2.92 bits per heavy atom. The van der Waals surface area contributed by atoms with Gasteiger partial charge in [-0.2, -0.15) is 0 Å². The predicted molar refractivity (Wildman–Crippen MR) is 58.1 cm³/mol. The molecule has 0 saturated carbocycles. The number of hydrogen-bond acceptors (Lipinski definition) is 3. The summed E-state index contributed by atoms with van der Waals surface area (Å²) in [6.07, 6.45) is 3.49. The van der Waals surface area contributed by atoms with Crippen molar-refractivity contribution >= 4 is 11.3 Å². The molecule has 0 atom stereocenters. The van der Waals surface area contributed by atoms with E-state index in [0.29, 0.717) is 0 Å². The average molecular weight is 198 g/mol. The number of rotatable bonds is 6. The van der Waals surface area contributed by atoms with Crippen LogP contribution in [0.25, 0.3) is 0 Å². The minimum absolute atomic E-state index is 0.933. The molecule has 1 N–H and O–H groups in total. The summed E-state index contributed by atoms with van der Waals surface area (Å²) in [5.41, 5.74) is 1.25. The number of aromatic nitrogens is 1. The molecule has 0 unspecified atom stereocenters. The third-order valence-corrected chi connectivity index (χ3v) is 2.71. The Morgan fingerprint density at radius 2 is 2.23 bits per heavy atom. The van der Waals surface area contributed by atoms with E-state index < -0.39 is 0 Å². The molecule has 1 rings (SSSR count). The summed E-state index contributed by atoms with van der Waals surface area (Å²) in [6, 6.07) is 0. The summed E-state index contributed by atoms with van der Waals surface area (Å²) < 4.78 is 0.